The highest BCUT2D eigenvalue weighted by Gasteiger charge is 2.31. The maximum Gasteiger partial charge on any atom is 0.218 e. The molecule has 2 aliphatic rings. The quantitative estimate of drug-likeness (QED) is 0.801. The molecule has 1 unspecified atom stereocenters. The molecule has 0 saturated carbocycles. The van der Waals surface area contributed by atoms with E-state index >= 15 is 0 Å². The van der Waals surface area contributed by atoms with E-state index in [-0.39, 0.29) is 5.25 Å². The van der Waals surface area contributed by atoms with Crippen LogP contribution in [0.2, 0.25) is 0 Å². The lowest BCUT2D eigenvalue weighted by Crippen LogP contribution is -2.33. The second-order valence-electron chi connectivity index (χ2n) is 5.95. The number of carbonyl (C=O) groups is 1. The number of hydrogen-bond acceptors (Lipinski definition) is 4. The van der Waals surface area contributed by atoms with Gasteiger partial charge in [-0.1, -0.05) is 6.08 Å². The molecule has 1 atom stereocenters. The molecule has 0 radical (unpaired) electrons. The Bertz CT molecular complexity index is 664. The second kappa shape index (κ2) is 5.72. The van der Waals surface area contributed by atoms with E-state index in [4.69, 9.17) is 0 Å². The lowest BCUT2D eigenvalue weighted by atomic mass is 10.1. The SMILES string of the molecule is CN(C)C1=CC2Sc3cc(N(C)C)ccc3N(C=O)C2=CC1. The zero-order chi connectivity index (χ0) is 15.9. The number of rotatable bonds is 3. The Morgan fingerprint density at radius 2 is 2.00 bits per heavy atom. The van der Waals surface area contributed by atoms with E-state index in [1.807, 2.05) is 31.9 Å². The fourth-order valence-electron chi connectivity index (χ4n) is 2.78. The Balaban J connectivity index is 2.04. The van der Waals surface area contributed by atoms with Gasteiger partial charge in [0, 0.05) is 56.6 Å². The predicted molar refractivity (Wildman–Crippen MR) is 93.4 cm³/mol. The van der Waals surface area contributed by atoms with Gasteiger partial charge < -0.3 is 9.80 Å². The van der Waals surface area contributed by atoms with Crippen LogP contribution in [0.25, 0.3) is 0 Å². The molecule has 1 aromatic carbocycles. The Labute approximate surface area is 136 Å². The molecule has 1 aliphatic carbocycles. The number of benzene rings is 1. The Morgan fingerprint density at radius 3 is 2.64 bits per heavy atom. The van der Waals surface area contributed by atoms with Crippen LogP contribution in [0, 0.1) is 0 Å². The number of fused-ring (bicyclic) bond motifs is 2. The molecule has 0 fully saturated rings. The van der Waals surface area contributed by atoms with E-state index in [0.29, 0.717) is 0 Å². The van der Waals surface area contributed by atoms with E-state index in [9.17, 15) is 4.79 Å². The first-order chi connectivity index (χ1) is 10.5. The molecule has 0 bridgehead atoms. The molecule has 0 saturated heterocycles. The summed E-state index contributed by atoms with van der Waals surface area (Å²) in [6.07, 6.45) is 6.24. The van der Waals surface area contributed by atoms with Crippen molar-refractivity contribution in [3.05, 3.63) is 41.7 Å². The number of nitrogens with zero attached hydrogens (tertiary/aromatic N) is 3. The molecule has 5 heteroatoms. The Morgan fingerprint density at radius 1 is 1.23 bits per heavy atom. The largest absolute Gasteiger partial charge is 0.381 e. The molecule has 0 spiro atoms. The third kappa shape index (κ3) is 2.50. The van der Waals surface area contributed by atoms with Gasteiger partial charge in [-0.2, -0.15) is 0 Å². The van der Waals surface area contributed by atoms with Gasteiger partial charge in [-0.3, -0.25) is 9.69 Å². The minimum Gasteiger partial charge on any atom is -0.381 e. The molecule has 3 rings (SSSR count). The topological polar surface area (TPSA) is 26.8 Å². The minimum absolute atomic E-state index is 0.196. The zero-order valence-corrected chi connectivity index (χ0v) is 14.2. The van der Waals surface area contributed by atoms with Gasteiger partial charge in [-0.05, 0) is 24.3 Å². The van der Waals surface area contributed by atoms with E-state index in [2.05, 4.69) is 48.2 Å². The fourth-order valence-corrected chi connectivity index (χ4v) is 4.09. The molecule has 1 aromatic rings. The first kappa shape index (κ1) is 15.0. The summed E-state index contributed by atoms with van der Waals surface area (Å²) in [5.41, 5.74) is 4.50. The van der Waals surface area contributed by atoms with Crippen molar-refractivity contribution in [3.63, 3.8) is 0 Å². The molecule has 0 N–H and O–H groups in total. The van der Waals surface area contributed by atoms with E-state index in [1.165, 1.54) is 5.70 Å². The lowest BCUT2D eigenvalue weighted by molar-refractivity contribution is -0.107. The molecule has 1 aliphatic heterocycles. The van der Waals surface area contributed by atoms with Crippen LogP contribution < -0.4 is 9.80 Å². The molecule has 4 nitrogen and oxygen atoms in total. The van der Waals surface area contributed by atoms with Gasteiger partial charge in [-0.25, -0.2) is 0 Å². The van der Waals surface area contributed by atoms with Crippen molar-refractivity contribution in [2.75, 3.05) is 38.0 Å². The van der Waals surface area contributed by atoms with Crippen LogP contribution in [0.4, 0.5) is 11.4 Å². The minimum atomic E-state index is 0.196. The Kier molecular flexibility index (Phi) is 3.91. The van der Waals surface area contributed by atoms with Crippen molar-refractivity contribution < 1.29 is 4.79 Å². The molecule has 1 heterocycles. The van der Waals surface area contributed by atoms with Crippen LogP contribution in [0.15, 0.2) is 46.6 Å². The van der Waals surface area contributed by atoms with Crippen LogP contribution in [0.1, 0.15) is 6.42 Å². The molecule has 0 aromatic heterocycles. The van der Waals surface area contributed by atoms with E-state index < -0.39 is 0 Å². The third-order valence-corrected chi connectivity index (χ3v) is 5.30. The summed E-state index contributed by atoms with van der Waals surface area (Å²) >= 11 is 1.81. The maximum absolute atomic E-state index is 11.6. The van der Waals surface area contributed by atoms with Crippen molar-refractivity contribution in [2.24, 2.45) is 0 Å². The molecule has 1 amide bonds. The van der Waals surface area contributed by atoms with Crippen molar-refractivity contribution in [1.29, 1.82) is 0 Å². The average molecular weight is 315 g/mol. The van der Waals surface area contributed by atoms with Gasteiger partial charge in [0.25, 0.3) is 0 Å². The first-order valence-electron chi connectivity index (χ1n) is 7.32. The second-order valence-corrected chi connectivity index (χ2v) is 7.13. The molecule has 116 valence electrons. The Hall–Kier alpha value is -1.88. The first-order valence-corrected chi connectivity index (χ1v) is 8.20. The van der Waals surface area contributed by atoms with Gasteiger partial charge in [0.05, 0.1) is 10.9 Å². The standard InChI is InChI=1S/C17H21N3OS/c1-18(2)12-5-7-14-16(9-12)22-17-10-13(19(3)4)6-8-15(17)20(14)11-21/h5,7-11,17H,6H2,1-4H3. The monoisotopic (exact) mass is 315 g/mol. The fraction of sp³-hybridized carbons (Fsp3) is 0.353. The number of carbonyl (C=O) groups excluding carboxylic acids is 1. The number of amides is 1. The highest BCUT2D eigenvalue weighted by Crippen LogP contribution is 2.46. The highest BCUT2D eigenvalue weighted by molar-refractivity contribution is 8.00. The number of anilines is 2. The highest BCUT2D eigenvalue weighted by atomic mass is 32.2. The maximum atomic E-state index is 11.6. The third-order valence-electron chi connectivity index (χ3n) is 4.09. The van der Waals surface area contributed by atoms with Gasteiger partial charge in [0.2, 0.25) is 6.41 Å². The van der Waals surface area contributed by atoms with Gasteiger partial charge >= 0.3 is 0 Å². The van der Waals surface area contributed by atoms with E-state index in [0.717, 1.165) is 34.8 Å². The van der Waals surface area contributed by atoms with Gasteiger partial charge in [0.1, 0.15) is 0 Å². The molecule has 22 heavy (non-hydrogen) atoms. The normalized spacial score (nSPS) is 19.6. The predicted octanol–water partition coefficient (Wildman–Crippen LogP) is 2.92. The van der Waals surface area contributed by atoms with Crippen LogP contribution in [-0.2, 0) is 4.79 Å². The lowest BCUT2D eigenvalue weighted by Gasteiger charge is -2.36. The van der Waals surface area contributed by atoms with Crippen LogP contribution in [0.3, 0.4) is 0 Å². The van der Waals surface area contributed by atoms with Crippen molar-refractivity contribution in [3.8, 4) is 0 Å². The summed E-state index contributed by atoms with van der Waals surface area (Å²) in [6, 6.07) is 6.25. The summed E-state index contributed by atoms with van der Waals surface area (Å²) in [6.45, 7) is 0. The smallest absolute Gasteiger partial charge is 0.218 e. The number of allylic oxidation sites excluding steroid dienone is 1. The average Bonchev–Trinajstić information content (AvgIpc) is 2.51. The summed E-state index contributed by atoms with van der Waals surface area (Å²) in [4.78, 5) is 18.8. The zero-order valence-electron chi connectivity index (χ0n) is 13.4. The summed E-state index contributed by atoms with van der Waals surface area (Å²) in [5, 5.41) is 0.196. The van der Waals surface area contributed by atoms with Crippen molar-refractivity contribution in [2.45, 2.75) is 16.6 Å². The van der Waals surface area contributed by atoms with Crippen LogP contribution in [-0.4, -0.2) is 44.8 Å². The summed E-state index contributed by atoms with van der Waals surface area (Å²) in [5.74, 6) is 0. The molecular weight excluding hydrogens is 294 g/mol. The van der Waals surface area contributed by atoms with Gasteiger partial charge in [0.15, 0.2) is 0 Å². The van der Waals surface area contributed by atoms with Crippen LogP contribution >= 0.6 is 11.8 Å². The summed E-state index contributed by atoms with van der Waals surface area (Å²) < 4.78 is 0. The summed E-state index contributed by atoms with van der Waals surface area (Å²) in [7, 11) is 8.19. The van der Waals surface area contributed by atoms with Crippen molar-refractivity contribution >= 4 is 29.5 Å². The van der Waals surface area contributed by atoms with Gasteiger partial charge in [-0.15, -0.1) is 11.8 Å². The van der Waals surface area contributed by atoms with Crippen molar-refractivity contribution in [1.82, 2.24) is 4.90 Å². The van der Waals surface area contributed by atoms with E-state index in [1.54, 1.807) is 4.90 Å². The number of hydrogen-bond donors (Lipinski definition) is 0. The van der Waals surface area contributed by atoms with Crippen LogP contribution in [0.5, 0.6) is 0 Å². The molecular formula is C17H21N3OS. The number of thioether (sulfide) groups is 1.